The van der Waals surface area contributed by atoms with Crippen molar-refractivity contribution in [1.82, 2.24) is 15.7 Å². The van der Waals surface area contributed by atoms with E-state index in [0.717, 1.165) is 43.2 Å². The van der Waals surface area contributed by atoms with Gasteiger partial charge in [-0.2, -0.15) is 5.06 Å². The topological polar surface area (TPSA) is 168 Å². The third-order valence-electron chi connectivity index (χ3n) is 13.1. The molecule has 4 saturated heterocycles. The molecule has 3 saturated carbocycles. The molecule has 13 nitrogen and oxygen atoms in total. The van der Waals surface area contributed by atoms with Crippen LogP contribution in [0.15, 0.2) is 29.8 Å². The zero-order valence-corrected chi connectivity index (χ0v) is 29.8. The van der Waals surface area contributed by atoms with Gasteiger partial charge in [0.15, 0.2) is 6.04 Å². The van der Waals surface area contributed by atoms with Gasteiger partial charge in [-0.05, 0) is 74.3 Å². The second-order valence-corrected chi connectivity index (χ2v) is 16.6. The van der Waals surface area contributed by atoms with Crippen LogP contribution in [0.2, 0.25) is 0 Å². The van der Waals surface area contributed by atoms with Crippen molar-refractivity contribution >= 4 is 23.9 Å². The number of aliphatic hydroxyl groups excluding tert-OH is 2. The number of carbonyl (C=O) groups excluding carboxylic acids is 3. The molecule has 13 heteroatoms. The summed E-state index contributed by atoms with van der Waals surface area (Å²) in [7, 11) is 0. The molecule has 12 atom stereocenters. The number of nitrogens with one attached hydrogen (secondary N) is 2. The highest BCUT2D eigenvalue weighted by Gasteiger charge is 2.75. The maximum absolute atomic E-state index is 14.5. The number of esters is 1. The minimum Gasteiger partial charge on any atom is -0.458 e. The molecule has 2 bridgehead atoms. The largest absolute Gasteiger partial charge is 0.458 e. The van der Waals surface area contributed by atoms with Gasteiger partial charge < -0.3 is 39.8 Å². The van der Waals surface area contributed by atoms with Crippen LogP contribution in [0.3, 0.4) is 0 Å². The van der Waals surface area contributed by atoms with Gasteiger partial charge in [0.05, 0.1) is 31.0 Å². The zero-order valence-electron chi connectivity index (χ0n) is 29.8. The van der Waals surface area contributed by atoms with Crippen molar-refractivity contribution in [3.8, 4) is 0 Å². The van der Waals surface area contributed by atoms with Crippen LogP contribution in [-0.2, 0) is 44.7 Å². The Morgan fingerprint density at radius 3 is 2.67 bits per heavy atom. The summed E-state index contributed by atoms with van der Waals surface area (Å²) in [6.45, 7) is 8.21. The van der Waals surface area contributed by atoms with Gasteiger partial charge in [0.25, 0.3) is 0 Å². The number of hydroxylamine groups is 2. The maximum Gasteiger partial charge on any atom is 0.327 e. The molecule has 3 aliphatic carbocycles. The van der Waals surface area contributed by atoms with Crippen molar-refractivity contribution in [3.05, 3.63) is 41.0 Å². The summed E-state index contributed by atoms with van der Waals surface area (Å²) in [5.74, 6) is -0.795. The SMILES string of the molecule is C[C@H](O)[C@@H](NC(=O)[C@@]12C[C@H]3OC(=O)[C@@H]1N(Cc1ccccc1C=C1CCC4O[C@]4(C)CC[C@@H]4[C@@H]1CC4(C)C)O[C@@H]2[C@H]1OCO[C@H]13)C(=O)NCCO. The molecule has 51 heavy (non-hydrogen) atoms. The second-order valence-electron chi connectivity index (χ2n) is 16.6. The predicted molar refractivity (Wildman–Crippen MR) is 181 cm³/mol. The van der Waals surface area contributed by atoms with E-state index in [4.69, 9.17) is 23.8 Å². The molecule has 0 spiro atoms. The molecule has 2 amide bonds. The normalized spacial score (nSPS) is 41.0. The van der Waals surface area contributed by atoms with Crippen LogP contribution in [0.25, 0.3) is 6.08 Å². The quantitative estimate of drug-likeness (QED) is 0.219. The number of hydrogen-bond donors (Lipinski definition) is 4. The van der Waals surface area contributed by atoms with E-state index in [1.807, 2.05) is 18.2 Å². The Morgan fingerprint density at radius 1 is 1.12 bits per heavy atom. The molecule has 0 radical (unpaired) electrons. The number of allylic oxidation sites excluding steroid dienone is 1. The highest BCUT2D eigenvalue weighted by atomic mass is 16.8. The van der Waals surface area contributed by atoms with E-state index in [9.17, 15) is 24.6 Å². The van der Waals surface area contributed by atoms with Gasteiger partial charge in [0.2, 0.25) is 11.8 Å². The van der Waals surface area contributed by atoms with Crippen LogP contribution >= 0.6 is 0 Å². The van der Waals surface area contributed by atoms with E-state index >= 15 is 0 Å². The van der Waals surface area contributed by atoms with E-state index in [1.165, 1.54) is 12.5 Å². The summed E-state index contributed by atoms with van der Waals surface area (Å²) in [6.07, 6.45) is 3.82. The van der Waals surface area contributed by atoms with Crippen molar-refractivity contribution in [2.75, 3.05) is 19.9 Å². The van der Waals surface area contributed by atoms with Crippen LogP contribution in [0.4, 0.5) is 0 Å². The van der Waals surface area contributed by atoms with E-state index in [0.29, 0.717) is 17.9 Å². The van der Waals surface area contributed by atoms with Crippen LogP contribution in [0.1, 0.15) is 77.3 Å². The van der Waals surface area contributed by atoms with Crippen LogP contribution in [0, 0.1) is 22.7 Å². The fourth-order valence-corrected chi connectivity index (χ4v) is 10.2. The minimum absolute atomic E-state index is 0.00511. The van der Waals surface area contributed by atoms with Crippen LogP contribution in [0.5, 0.6) is 0 Å². The van der Waals surface area contributed by atoms with Crippen LogP contribution < -0.4 is 10.6 Å². The first-order valence-electron chi connectivity index (χ1n) is 18.6. The number of fused-ring (bicyclic) bond motifs is 6. The standard InChI is InChI=1S/C38H51N3O10/c1-20(43)28(33(44)39-13-14-42)40-35(46)38-17-26-29-30(48-19-47-29)32(38)51-41(31(38)34(45)49-26)18-23-8-6-5-7-21(23)15-22-9-10-27-37(4,50-27)12-11-25-24(22)16-36(25,2)3/h5-8,15,20,24-32,42-43H,9-14,16-19H2,1-4H3,(H,39,44)(H,40,46)/t20-,24+,25+,26+,27?,28+,29-,30-,31-,32+,37+,38-/m0/s1. The van der Waals surface area contributed by atoms with Gasteiger partial charge in [-0.25, -0.2) is 0 Å². The second kappa shape index (κ2) is 12.9. The minimum atomic E-state index is -1.49. The number of ether oxygens (including phenoxy) is 4. The highest BCUT2D eigenvalue weighted by molar-refractivity contribution is 5.96. The lowest BCUT2D eigenvalue weighted by Crippen LogP contribution is -2.71. The van der Waals surface area contributed by atoms with E-state index < -0.39 is 65.8 Å². The number of benzene rings is 1. The number of hydrogen-bond acceptors (Lipinski definition) is 11. The molecule has 278 valence electrons. The predicted octanol–water partition coefficient (Wildman–Crippen LogP) is 1.98. The summed E-state index contributed by atoms with van der Waals surface area (Å²) in [5, 5.41) is 26.6. The summed E-state index contributed by atoms with van der Waals surface area (Å²) in [4.78, 5) is 48.1. The van der Waals surface area contributed by atoms with Crippen LogP contribution in [-0.4, -0.2) is 107 Å². The van der Waals surface area contributed by atoms with E-state index in [1.54, 1.807) is 5.06 Å². The molecule has 7 fully saturated rings. The number of epoxide rings is 1. The lowest BCUT2D eigenvalue weighted by Gasteiger charge is -2.53. The Bertz CT molecular complexity index is 1600. The third kappa shape index (κ3) is 5.84. The summed E-state index contributed by atoms with van der Waals surface area (Å²) < 4.78 is 23.9. The summed E-state index contributed by atoms with van der Waals surface area (Å²) >= 11 is 0. The lowest BCUT2D eigenvalue weighted by molar-refractivity contribution is -0.201. The fourth-order valence-electron chi connectivity index (χ4n) is 10.2. The third-order valence-corrected chi connectivity index (χ3v) is 13.1. The highest BCUT2D eigenvalue weighted by Crippen LogP contribution is 2.60. The molecule has 7 aliphatic rings. The Hall–Kier alpha value is -2.91. The van der Waals surface area contributed by atoms with Gasteiger partial charge >= 0.3 is 5.97 Å². The summed E-state index contributed by atoms with van der Waals surface area (Å²) in [5.41, 5.74) is 2.17. The average Bonchev–Trinajstić information content (AvgIpc) is 3.38. The number of nitrogens with zero attached hydrogens (tertiary/aromatic N) is 1. The zero-order chi connectivity index (χ0) is 35.9. The number of aliphatic hydroxyl groups is 2. The van der Waals surface area contributed by atoms with Gasteiger partial charge in [-0.15, -0.1) is 0 Å². The molecule has 4 heterocycles. The number of rotatable bonds is 9. The van der Waals surface area contributed by atoms with Crippen molar-refractivity contribution in [2.45, 2.75) is 127 Å². The Balaban J connectivity index is 1.11. The number of carbonyl (C=O) groups is 3. The summed E-state index contributed by atoms with van der Waals surface area (Å²) in [6, 6.07) is 5.61. The molecule has 8 rings (SSSR count). The Labute approximate surface area is 298 Å². The monoisotopic (exact) mass is 709 g/mol. The number of amides is 2. The van der Waals surface area contributed by atoms with Gasteiger partial charge in [-0.1, -0.05) is 49.8 Å². The Kier molecular flexibility index (Phi) is 8.88. The molecule has 1 aromatic carbocycles. The van der Waals surface area contributed by atoms with Gasteiger partial charge in [0.1, 0.15) is 42.7 Å². The first-order valence-corrected chi connectivity index (χ1v) is 18.6. The molecule has 4 aliphatic heterocycles. The fraction of sp³-hybridized carbons (Fsp3) is 0.711. The molecular formula is C38H51N3O10. The Morgan fingerprint density at radius 2 is 1.90 bits per heavy atom. The average molecular weight is 710 g/mol. The molecule has 0 aromatic heterocycles. The van der Waals surface area contributed by atoms with Crippen molar-refractivity contribution in [2.24, 2.45) is 22.7 Å². The first kappa shape index (κ1) is 35.1. The maximum atomic E-state index is 14.5. The van der Waals surface area contributed by atoms with Crippen molar-refractivity contribution < 1.29 is 48.4 Å². The van der Waals surface area contributed by atoms with Crippen molar-refractivity contribution in [3.63, 3.8) is 0 Å². The molecule has 1 aromatic rings. The van der Waals surface area contributed by atoms with Gasteiger partial charge in [0, 0.05) is 13.0 Å². The van der Waals surface area contributed by atoms with E-state index in [-0.39, 0.29) is 43.9 Å². The lowest BCUT2D eigenvalue weighted by atomic mass is 9.52. The molecular weight excluding hydrogens is 658 g/mol. The van der Waals surface area contributed by atoms with Crippen molar-refractivity contribution in [1.29, 1.82) is 0 Å². The first-order chi connectivity index (χ1) is 24.4. The van der Waals surface area contributed by atoms with E-state index in [2.05, 4.69) is 43.5 Å². The molecule has 1 unspecified atom stereocenters. The van der Waals surface area contributed by atoms with Gasteiger partial charge in [-0.3, -0.25) is 19.2 Å². The smallest absolute Gasteiger partial charge is 0.327 e. The molecule has 4 N–H and O–H groups in total.